The van der Waals surface area contributed by atoms with E-state index in [1.165, 1.54) is 29.7 Å². The fourth-order valence-corrected chi connectivity index (χ4v) is 3.64. The highest BCUT2D eigenvalue weighted by molar-refractivity contribution is 5.73. The molecule has 38 heavy (non-hydrogen) atoms. The van der Waals surface area contributed by atoms with E-state index in [-0.39, 0.29) is 6.04 Å². The smallest absolute Gasteiger partial charge is 0.475 e. The molecule has 0 spiro atoms. The number of carboxylic acids is 2. The van der Waals surface area contributed by atoms with Gasteiger partial charge in [0.2, 0.25) is 0 Å². The van der Waals surface area contributed by atoms with E-state index in [0.29, 0.717) is 0 Å². The molecular formula is C22H28F6N4O6. The molecule has 1 fully saturated rings. The molecule has 0 bridgehead atoms. The zero-order chi connectivity index (χ0) is 28.8. The van der Waals surface area contributed by atoms with Crippen LogP contribution in [0.25, 0.3) is 0 Å². The van der Waals surface area contributed by atoms with Crippen LogP contribution < -0.4 is 0 Å². The third kappa shape index (κ3) is 9.01. The van der Waals surface area contributed by atoms with E-state index in [1.807, 2.05) is 31.8 Å². The lowest BCUT2D eigenvalue weighted by Gasteiger charge is -2.36. The van der Waals surface area contributed by atoms with Crippen LogP contribution >= 0.6 is 0 Å². The van der Waals surface area contributed by atoms with Gasteiger partial charge in [0.1, 0.15) is 5.76 Å². The van der Waals surface area contributed by atoms with Crippen molar-refractivity contribution >= 4 is 11.9 Å². The van der Waals surface area contributed by atoms with Gasteiger partial charge >= 0.3 is 24.3 Å². The first kappa shape index (κ1) is 31.1. The molecule has 214 valence electrons. The summed E-state index contributed by atoms with van der Waals surface area (Å²) in [6.07, 6.45) is -4.48. The summed E-state index contributed by atoms with van der Waals surface area (Å²) in [5.41, 5.74) is 4.84. The normalized spacial score (nSPS) is 17.6. The molecule has 1 atom stereocenters. The maximum absolute atomic E-state index is 10.6. The Bertz CT molecular complexity index is 1050. The highest BCUT2D eigenvalue weighted by Gasteiger charge is 2.39. The van der Waals surface area contributed by atoms with Gasteiger partial charge < -0.3 is 19.5 Å². The molecular weight excluding hydrogens is 530 g/mol. The Hall–Kier alpha value is -3.14. The molecule has 0 aromatic carbocycles. The fraction of sp³-hybridized carbons (Fsp3) is 0.636. The number of carboxylic acid groups (broad SMARTS) is 2. The number of aromatic nitrogens is 3. The lowest BCUT2D eigenvalue weighted by atomic mass is 9.99. The molecule has 1 unspecified atom stereocenters. The van der Waals surface area contributed by atoms with Gasteiger partial charge in [-0.25, -0.2) is 9.59 Å². The van der Waals surface area contributed by atoms with Crippen molar-refractivity contribution in [1.82, 2.24) is 19.8 Å². The predicted molar refractivity (Wildman–Crippen MR) is 117 cm³/mol. The Morgan fingerprint density at radius 3 is 2.08 bits per heavy atom. The van der Waals surface area contributed by atoms with Gasteiger partial charge in [-0.15, -0.1) is 0 Å². The molecule has 0 saturated heterocycles. The van der Waals surface area contributed by atoms with E-state index in [4.69, 9.17) is 29.1 Å². The summed E-state index contributed by atoms with van der Waals surface area (Å²) in [5, 5.41) is 22.8. The van der Waals surface area contributed by atoms with Gasteiger partial charge in [0.25, 0.3) is 0 Å². The summed E-state index contributed by atoms with van der Waals surface area (Å²) in [5.74, 6) is -3.81. The van der Waals surface area contributed by atoms with Crippen LogP contribution in [0.2, 0.25) is 0 Å². The number of nitrogens with zero attached hydrogens (tertiary/aromatic N) is 4. The van der Waals surface area contributed by atoms with Crippen LogP contribution in [0.5, 0.6) is 0 Å². The highest BCUT2D eigenvalue weighted by atomic mass is 19.4. The third-order valence-corrected chi connectivity index (χ3v) is 5.84. The monoisotopic (exact) mass is 558 g/mol. The van der Waals surface area contributed by atoms with Crippen molar-refractivity contribution in [2.45, 2.75) is 58.0 Å². The molecule has 10 nitrogen and oxygen atoms in total. The molecule has 2 aliphatic rings. The van der Waals surface area contributed by atoms with Crippen LogP contribution in [0.1, 0.15) is 47.2 Å². The summed E-state index contributed by atoms with van der Waals surface area (Å²) in [4.78, 5) is 20.3. The van der Waals surface area contributed by atoms with Gasteiger partial charge in [0.15, 0.2) is 0 Å². The largest absolute Gasteiger partial charge is 0.490 e. The van der Waals surface area contributed by atoms with E-state index in [2.05, 4.69) is 15.2 Å². The van der Waals surface area contributed by atoms with Gasteiger partial charge in [-0.05, 0) is 44.6 Å². The number of alkyl halides is 6. The summed E-state index contributed by atoms with van der Waals surface area (Å²) in [6.45, 7) is 7.50. The standard InChI is InChI=1S/C18H26N4O2.2C2HF3O2/c1-12-16(13(2)24-20-12)9-22-7-6-15-8-19-21(3)18(15)17(22)11-23-10-14-4-5-14;2*3-2(4,5)1(6)7/h8,14,17H,4-7,9-11H2,1-3H3;2*(H,6,7). The lowest BCUT2D eigenvalue weighted by molar-refractivity contribution is -0.193. The van der Waals surface area contributed by atoms with Crippen molar-refractivity contribution in [2.24, 2.45) is 13.0 Å². The van der Waals surface area contributed by atoms with Crippen LogP contribution in [0.15, 0.2) is 10.7 Å². The maximum Gasteiger partial charge on any atom is 0.490 e. The molecule has 0 radical (unpaired) electrons. The van der Waals surface area contributed by atoms with E-state index in [1.54, 1.807) is 0 Å². The molecule has 3 heterocycles. The Balaban J connectivity index is 0.000000301. The predicted octanol–water partition coefficient (Wildman–Crippen LogP) is 3.82. The average molecular weight is 558 g/mol. The van der Waals surface area contributed by atoms with Gasteiger partial charge in [0, 0.05) is 32.3 Å². The molecule has 1 aliphatic carbocycles. The maximum atomic E-state index is 10.6. The average Bonchev–Trinajstić information content (AvgIpc) is 3.48. The molecule has 2 aromatic rings. The molecule has 16 heteroatoms. The summed E-state index contributed by atoms with van der Waals surface area (Å²) in [7, 11) is 2.03. The van der Waals surface area contributed by atoms with Crippen molar-refractivity contribution in [3.05, 3.63) is 34.5 Å². The SMILES string of the molecule is Cc1noc(C)c1CN1CCc2cnn(C)c2C1COCC1CC1.O=C(O)C(F)(F)F.O=C(O)C(F)(F)F. The molecule has 0 amide bonds. The third-order valence-electron chi connectivity index (χ3n) is 5.84. The second kappa shape index (κ2) is 12.6. The number of rotatable bonds is 6. The van der Waals surface area contributed by atoms with Gasteiger partial charge in [-0.2, -0.15) is 31.4 Å². The Morgan fingerprint density at radius 2 is 1.63 bits per heavy atom. The molecule has 1 aliphatic heterocycles. The zero-order valence-corrected chi connectivity index (χ0v) is 20.8. The van der Waals surface area contributed by atoms with Crippen LogP contribution in [0, 0.1) is 19.8 Å². The van der Waals surface area contributed by atoms with E-state index in [9.17, 15) is 26.3 Å². The van der Waals surface area contributed by atoms with Gasteiger partial charge in [0.05, 0.1) is 30.2 Å². The number of hydrogen-bond donors (Lipinski definition) is 2. The number of carbonyl (C=O) groups is 2. The minimum absolute atomic E-state index is 0.244. The molecule has 4 rings (SSSR count). The van der Waals surface area contributed by atoms with Gasteiger partial charge in [-0.3, -0.25) is 9.58 Å². The number of ether oxygens (including phenoxy) is 1. The van der Waals surface area contributed by atoms with E-state index >= 15 is 0 Å². The van der Waals surface area contributed by atoms with Crippen molar-refractivity contribution in [3.8, 4) is 0 Å². The fourth-order valence-electron chi connectivity index (χ4n) is 3.64. The second-order valence-electron chi connectivity index (χ2n) is 8.80. The topological polar surface area (TPSA) is 131 Å². The molecule has 2 aromatic heterocycles. The minimum Gasteiger partial charge on any atom is -0.475 e. The first-order valence-corrected chi connectivity index (χ1v) is 11.4. The molecule has 1 saturated carbocycles. The lowest BCUT2D eigenvalue weighted by Crippen LogP contribution is -2.38. The number of aryl methyl sites for hydroxylation is 3. The highest BCUT2D eigenvalue weighted by Crippen LogP contribution is 2.33. The van der Waals surface area contributed by atoms with E-state index < -0.39 is 24.3 Å². The van der Waals surface area contributed by atoms with Crippen LogP contribution in [-0.4, -0.2) is 74.1 Å². The summed E-state index contributed by atoms with van der Waals surface area (Å²) >= 11 is 0. The Labute approximate surface area is 213 Å². The van der Waals surface area contributed by atoms with Crippen LogP contribution in [-0.2, 0) is 34.3 Å². The first-order chi connectivity index (χ1) is 17.5. The van der Waals surface area contributed by atoms with Crippen molar-refractivity contribution in [3.63, 3.8) is 0 Å². The quantitative estimate of drug-likeness (QED) is 0.508. The minimum atomic E-state index is -5.08. The van der Waals surface area contributed by atoms with E-state index in [0.717, 1.165) is 50.1 Å². The first-order valence-electron chi connectivity index (χ1n) is 11.4. The summed E-state index contributed by atoms with van der Waals surface area (Å²) in [6, 6.07) is 0.244. The van der Waals surface area contributed by atoms with Crippen LogP contribution in [0.3, 0.4) is 0 Å². The van der Waals surface area contributed by atoms with Gasteiger partial charge in [-0.1, -0.05) is 5.16 Å². The number of hydrogen-bond acceptors (Lipinski definition) is 7. The number of fused-ring (bicyclic) bond motifs is 1. The van der Waals surface area contributed by atoms with Crippen molar-refractivity contribution < 1.29 is 55.4 Å². The van der Waals surface area contributed by atoms with Crippen LogP contribution in [0.4, 0.5) is 26.3 Å². The number of halogens is 6. The number of aliphatic carboxylic acids is 2. The Kier molecular flexibility index (Phi) is 10.3. The summed E-state index contributed by atoms with van der Waals surface area (Å²) < 4.78 is 76.9. The Morgan fingerprint density at radius 1 is 1.08 bits per heavy atom. The zero-order valence-electron chi connectivity index (χ0n) is 20.8. The van der Waals surface area contributed by atoms with Crippen molar-refractivity contribution in [2.75, 3.05) is 19.8 Å². The van der Waals surface area contributed by atoms with Crippen molar-refractivity contribution in [1.29, 1.82) is 0 Å². The molecule has 2 N–H and O–H groups in total. The second-order valence-corrected chi connectivity index (χ2v) is 8.80.